The van der Waals surface area contributed by atoms with Crippen LogP contribution in [-0.4, -0.2) is 33.2 Å². The zero-order valence-corrected chi connectivity index (χ0v) is 17.0. The maximum Gasteiger partial charge on any atom is 0.238 e. The zero-order valence-electron chi connectivity index (χ0n) is 16.1. The second-order valence-electron chi connectivity index (χ2n) is 6.81. The molecular weight excluding hydrogens is 393 g/mol. The number of methoxy groups -OCH3 is 1. The van der Waals surface area contributed by atoms with Gasteiger partial charge in [0.15, 0.2) is 11.5 Å². The Kier molecular flexibility index (Phi) is 4.96. The van der Waals surface area contributed by atoms with E-state index >= 15 is 0 Å². The largest absolute Gasteiger partial charge is 0.504 e. The van der Waals surface area contributed by atoms with Crippen molar-refractivity contribution in [3.63, 3.8) is 0 Å². The van der Waals surface area contributed by atoms with Crippen LogP contribution in [0.15, 0.2) is 42.5 Å². The molecule has 6 nitrogen and oxygen atoms in total. The number of amides is 1. The first-order valence-corrected chi connectivity index (χ1v) is 10.0. The van der Waals surface area contributed by atoms with Crippen LogP contribution in [0.25, 0.3) is 5.69 Å². The highest BCUT2D eigenvalue weighted by Gasteiger charge is 2.34. The molecule has 0 radical (unpaired) electrons. The number of benzene rings is 2. The van der Waals surface area contributed by atoms with Crippen molar-refractivity contribution in [3.05, 3.63) is 65.1 Å². The summed E-state index contributed by atoms with van der Waals surface area (Å²) in [6, 6.07) is 11.1. The number of fused-ring (bicyclic) bond motifs is 1. The van der Waals surface area contributed by atoms with Crippen molar-refractivity contribution in [1.29, 1.82) is 0 Å². The Morgan fingerprint density at radius 2 is 1.97 bits per heavy atom. The van der Waals surface area contributed by atoms with E-state index in [1.54, 1.807) is 28.9 Å². The van der Waals surface area contributed by atoms with E-state index in [0.717, 1.165) is 16.8 Å². The number of phenolic OH excluding ortho intramolecular Hbond substituents is 1. The summed E-state index contributed by atoms with van der Waals surface area (Å²) in [5.41, 5.74) is 3.15. The summed E-state index contributed by atoms with van der Waals surface area (Å²) in [6.45, 7) is 3.73. The lowest BCUT2D eigenvalue weighted by Gasteiger charge is -2.18. The molecule has 1 amide bonds. The summed E-state index contributed by atoms with van der Waals surface area (Å²) >= 11 is 1.50. The number of hydrogen-bond donors (Lipinski definition) is 2. The molecule has 0 bridgehead atoms. The van der Waals surface area contributed by atoms with E-state index in [-0.39, 0.29) is 28.0 Å². The molecule has 2 N–H and O–H groups in total. The van der Waals surface area contributed by atoms with Gasteiger partial charge in [0.05, 0.1) is 29.0 Å². The Labute approximate surface area is 171 Å². The van der Waals surface area contributed by atoms with Crippen LogP contribution >= 0.6 is 11.8 Å². The molecule has 2 aromatic carbocycles. The molecule has 1 aromatic heterocycles. The second-order valence-corrected chi connectivity index (χ2v) is 8.27. The third-order valence-electron chi connectivity index (χ3n) is 4.90. The van der Waals surface area contributed by atoms with Crippen LogP contribution in [0, 0.1) is 12.7 Å². The third kappa shape index (κ3) is 3.44. The molecule has 29 heavy (non-hydrogen) atoms. The van der Waals surface area contributed by atoms with Crippen molar-refractivity contribution in [2.24, 2.45) is 0 Å². The van der Waals surface area contributed by atoms with Gasteiger partial charge in [-0.05, 0) is 55.8 Å². The Bertz CT molecular complexity index is 1080. The second kappa shape index (κ2) is 7.44. The fourth-order valence-electron chi connectivity index (χ4n) is 3.40. The fourth-order valence-corrected chi connectivity index (χ4v) is 4.71. The van der Waals surface area contributed by atoms with Crippen molar-refractivity contribution in [1.82, 2.24) is 9.78 Å². The third-order valence-corrected chi connectivity index (χ3v) is 6.30. The summed E-state index contributed by atoms with van der Waals surface area (Å²) in [5, 5.41) is 17.0. The van der Waals surface area contributed by atoms with Gasteiger partial charge in [0.2, 0.25) is 5.91 Å². The van der Waals surface area contributed by atoms with Gasteiger partial charge in [0, 0.05) is 5.56 Å². The first kappa shape index (κ1) is 19.3. The van der Waals surface area contributed by atoms with Gasteiger partial charge >= 0.3 is 0 Å². The molecule has 0 saturated heterocycles. The highest BCUT2D eigenvalue weighted by molar-refractivity contribution is 8.01. The average molecular weight is 413 g/mol. The number of hydrogen-bond acceptors (Lipinski definition) is 5. The molecule has 4 rings (SSSR count). The van der Waals surface area contributed by atoms with Gasteiger partial charge in [-0.2, -0.15) is 5.10 Å². The van der Waals surface area contributed by atoms with Gasteiger partial charge in [0.1, 0.15) is 11.6 Å². The predicted molar refractivity (Wildman–Crippen MR) is 110 cm³/mol. The van der Waals surface area contributed by atoms with E-state index in [4.69, 9.17) is 4.74 Å². The normalized spacial score (nSPS) is 18.7. The van der Waals surface area contributed by atoms with Gasteiger partial charge in [-0.15, -0.1) is 11.8 Å². The lowest BCUT2D eigenvalue weighted by molar-refractivity contribution is -0.115. The monoisotopic (exact) mass is 413 g/mol. The topological polar surface area (TPSA) is 76.4 Å². The number of aromatic nitrogens is 2. The number of carbonyl (C=O) groups excluding carboxylic acids is 1. The Balaban J connectivity index is 1.90. The van der Waals surface area contributed by atoms with Gasteiger partial charge in [-0.25, -0.2) is 9.07 Å². The van der Waals surface area contributed by atoms with Crippen LogP contribution in [-0.2, 0) is 4.79 Å². The Morgan fingerprint density at radius 1 is 1.24 bits per heavy atom. The summed E-state index contributed by atoms with van der Waals surface area (Å²) in [4.78, 5) is 12.7. The fraction of sp³-hybridized carbons (Fsp3) is 0.238. The van der Waals surface area contributed by atoms with Gasteiger partial charge < -0.3 is 15.2 Å². The van der Waals surface area contributed by atoms with E-state index in [0.29, 0.717) is 17.3 Å². The molecule has 3 aromatic rings. The van der Waals surface area contributed by atoms with Crippen LogP contribution in [0.5, 0.6) is 11.5 Å². The van der Waals surface area contributed by atoms with E-state index in [1.807, 2.05) is 19.9 Å². The molecular formula is C21H20FN3O3S. The highest BCUT2D eigenvalue weighted by atomic mass is 32.2. The van der Waals surface area contributed by atoms with Crippen LogP contribution in [0.4, 0.5) is 10.2 Å². The van der Waals surface area contributed by atoms with Crippen molar-refractivity contribution in [2.45, 2.75) is 24.3 Å². The molecule has 0 fully saturated rings. The quantitative estimate of drug-likeness (QED) is 0.673. The van der Waals surface area contributed by atoms with Crippen LogP contribution in [0.2, 0.25) is 0 Å². The van der Waals surface area contributed by atoms with Gasteiger partial charge in [-0.3, -0.25) is 4.79 Å². The van der Waals surface area contributed by atoms with E-state index in [1.165, 1.54) is 31.0 Å². The van der Waals surface area contributed by atoms with E-state index in [2.05, 4.69) is 10.4 Å². The summed E-state index contributed by atoms with van der Waals surface area (Å²) < 4.78 is 20.3. The molecule has 0 spiro atoms. The first-order valence-electron chi connectivity index (χ1n) is 9.07. The smallest absolute Gasteiger partial charge is 0.238 e. The Morgan fingerprint density at radius 3 is 2.66 bits per heavy atom. The van der Waals surface area contributed by atoms with Crippen molar-refractivity contribution < 1.29 is 19.0 Å². The molecule has 0 unspecified atom stereocenters. The number of nitrogens with zero attached hydrogens (tertiary/aromatic N) is 2. The number of ether oxygens (including phenoxy) is 1. The maximum absolute atomic E-state index is 13.4. The predicted octanol–water partition coefficient (Wildman–Crippen LogP) is 4.20. The number of rotatable bonds is 3. The van der Waals surface area contributed by atoms with Crippen molar-refractivity contribution in [2.75, 3.05) is 12.4 Å². The van der Waals surface area contributed by atoms with Crippen LogP contribution < -0.4 is 10.1 Å². The van der Waals surface area contributed by atoms with Crippen LogP contribution in [0.1, 0.15) is 29.0 Å². The van der Waals surface area contributed by atoms with Crippen molar-refractivity contribution >= 4 is 23.5 Å². The van der Waals surface area contributed by atoms with Gasteiger partial charge in [-0.1, -0.05) is 6.07 Å². The molecule has 150 valence electrons. The molecule has 8 heteroatoms. The summed E-state index contributed by atoms with van der Waals surface area (Å²) in [6.07, 6.45) is 0. The number of anilines is 1. The number of nitrogens with one attached hydrogen (secondary N) is 1. The number of phenols is 1. The minimum Gasteiger partial charge on any atom is -0.504 e. The molecule has 2 heterocycles. The number of aryl methyl sites for hydroxylation is 1. The molecule has 2 atom stereocenters. The highest BCUT2D eigenvalue weighted by Crippen LogP contribution is 2.47. The lowest BCUT2D eigenvalue weighted by atomic mass is 10.0. The standard InChI is InChI=1S/C21H20FN3O3S/c1-11-18-19(13-4-9-16(26)17(10-13)28-3)29-12(2)21(27)23-20(18)25(24-11)15-7-5-14(22)6-8-15/h4-10,12,19,26H,1-3H3,(H,23,27)/t12-,19-/m0/s1. The molecule has 0 aliphatic carbocycles. The average Bonchev–Trinajstić information content (AvgIpc) is 2.95. The summed E-state index contributed by atoms with van der Waals surface area (Å²) in [5.74, 6) is 0.507. The minimum atomic E-state index is -0.342. The first-order chi connectivity index (χ1) is 13.9. The number of halogens is 1. The van der Waals surface area contributed by atoms with E-state index < -0.39 is 0 Å². The summed E-state index contributed by atoms with van der Waals surface area (Å²) in [7, 11) is 1.50. The molecule has 1 aliphatic rings. The number of aromatic hydroxyl groups is 1. The Hall–Kier alpha value is -3.00. The number of thioether (sulfide) groups is 1. The van der Waals surface area contributed by atoms with Crippen LogP contribution in [0.3, 0.4) is 0 Å². The van der Waals surface area contributed by atoms with Gasteiger partial charge in [0.25, 0.3) is 0 Å². The number of carbonyl (C=O) groups is 1. The molecule has 0 saturated carbocycles. The van der Waals surface area contributed by atoms with E-state index in [9.17, 15) is 14.3 Å². The zero-order chi connectivity index (χ0) is 20.7. The minimum absolute atomic E-state index is 0.0519. The molecule has 1 aliphatic heterocycles. The lowest BCUT2D eigenvalue weighted by Crippen LogP contribution is -2.22. The SMILES string of the molecule is COc1cc([C@@H]2S[C@@H](C)C(=O)Nc3c2c(C)nn3-c2ccc(F)cc2)ccc1O. The van der Waals surface area contributed by atoms with Crippen molar-refractivity contribution in [3.8, 4) is 17.2 Å². The maximum atomic E-state index is 13.4.